The summed E-state index contributed by atoms with van der Waals surface area (Å²) in [6, 6.07) is 21.0. The van der Waals surface area contributed by atoms with E-state index in [1.54, 1.807) is 6.07 Å². The minimum Gasteiger partial charge on any atom is -0.503 e. The molecule has 170 valence electrons. The van der Waals surface area contributed by atoms with Gasteiger partial charge in [-0.2, -0.15) is 4.99 Å². The normalized spacial score (nSPS) is 18.2. The second-order valence-electron chi connectivity index (χ2n) is 7.67. The van der Waals surface area contributed by atoms with Crippen molar-refractivity contribution in [1.82, 2.24) is 5.32 Å². The zero-order valence-corrected chi connectivity index (χ0v) is 18.8. The van der Waals surface area contributed by atoms with Crippen molar-refractivity contribution in [2.45, 2.75) is 12.0 Å². The predicted molar refractivity (Wildman–Crippen MR) is 127 cm³/mol. The van der Waals surface area contributed by atoms with Gasteiger partial charge in [0.05, 0.1) is 36.7 Å². The summed E-state index contributed by atoms with van der Waals surface area (Å²) in [6.07, 6.45) is 0.987. The van der Waals surface area contributed by atoms with Gasteiger partial charge in [0.15, 0.2) is 11.5 Å². The van der Waals surface area contributed by atoms with Crippen molar-refractivity contribution < 1.29 is 23.1 Å². The highest BCUT2D eigenvalue weighted by atomic mass is 32.2. The first-order valence-corrected chi connectivity index (χ1v) is 12.0. The number of hydrogen-bond acceptors (Lipinski definition) is 5. The van der Waals surface area contributed by atoms with Crippen LogP contribution in [0.15, 0.2) is 77.8 Å². The number of rotatable bonds is 6. The maximum atomic E-state index is 12.7. The lowest BCUT2D eigenvalue weighted by Crippen LogP contribution is -2.40. The molecule has 2 unspecified atom stereocenters. The SMILES string of the molecule is COc1cc(C2NC(=O)N=C(c3ccccc3)C2c2ccccc2)cc(NS(C)(=O)=O)c1O. The van der Waals surface area contributed by atoms with Gasteiger partial charge in [-0.1, -0.05) is 60.7 Å². The molecule has 0 saturated heterocycles. The molecule has 33 heavy (non-hydrogen) atoms. The van der Waals surface area contributed by atoms with Gasteiger partial charge < -0.3 is 15.2 Å². The molecule has 3 N–H and O–H groups in total. The number of hydrogen-bond donors (Lipinski definition) is 3. The summed E-state index contributed by atoms with van der Waals surface area (Å²) >= 11 is 0. The summed E-state index contributed by atoms with van der Waals surface area (Å²) in [4.78, 5) is 17.0. The molecule has 3 aromatic rings. The number of carbonyl (C=O) groups is 1. The van der Waals surface area contributed by atoms with Crippen molar-refractivity contribution in [3.05, 3.63) is 89.5 Å². The number of aliphatic imine (C=N–C) groups is 1. The summed E-state index contributed by atoms with van der Waals surface area (Å²) in [6.45, 7) is 0. The maximum absolute atomic E-state index is 12.7. The van der Waals surface area contributed by atoms with Crippen molar-refractivity contribution in [2.75, 3.05) is 18.1 Å². The smallest absolute Gasteiger partial charge is 0.341 e. The van der Waals surface area contributed by atoms with Crippen molar-refractivity contribution in [3.63, 3.8) is 0 Å². The Kier molecular flexibility index (Phi) is 6.06. The summed E-state index contributed by atoms with van der Waals surface area (Å²) in [5, 5.41) is 13.4. The molecule has 0 radical (unpaired) electrons. The average Bonchev–Trinajstić information content (AvgIpc) is 2.80. The molecule has 1 aliphatic rings. The highest BCUT2D eigenvalue weighted by Gasteiger charge is 2.36. The summed E-state index contributed by atoms with van der Waals surface area (Å²) in [5.41, 5.74) is 2.79. The Balaban J connectivity index is 1.91. The van der Waals surface area contributed by atoms with E-state index >= 15 is 0 Å². The second kappa shape index (κ2) is 8.95. The third kappa shape index (κ3) is 4.83. The molecular formula is C24H23N3O5S. The number of anilines is 1. The molecule has 3 aromatic carbocycles. The second-order valence-corrected chi connectivity index (χ2v) is 9.42. The quantitative estimate of drug-likeness (QED) is 0.479. The summed E-state index contributed by atoms with van der Waals surface area (Å²) < 4.78 is 31.3. The fourth-order valence-corrected chi connectivity index (χ4v) is 4.52. The van der Waals surface area contributed by atoms with Crippen molar-refractivity contribution in [1.29, 1.82) is 0 Å². The fraction of sp³-hybridized carbons (Fsp3) is 0.167. The Hall–Kier alpha value is -3.85. The van der Waals surface area contributed by atoms with Crippen molar-refractivity contribution in [3.8, 4) is 11.5 Å². The van der Waals surface area contributed by atoms with Gasteiger partial charge in [0.2, 0.25) is 10.0 Å². The molecule has 0 aliphatic carbocycles. The van der Waals surface area contributed by atoms with Crippen molar-refractivity contribution in [2.24, 2.45) is 4.99 Å². The van der Waals surface area contributed by atoms with Gasteiger partial charge in [0.1, 0.15) is 0 Å². The first-order valence-electron chi connectivity index (χ1n) is 10.1. The van der Waals surface area contributed by atoms with Gasteiger partial charge in [-0.15, -0.1) is 0 Å². The Morgan fingerprint density at radius 1 is 1.00 bits per heavy atom. The van der Waals surface area contributed by atoms with Gasteiger partial charge in [-0.25, -0.2) is 13.2 Å². The van der Waals surface area contributed by atoms with Crippen LogP contribution in [0.3, 0.4) is 0 Å². The van der Waals surface area contributed by atoms with Crippen LogP contribution in [0.1, 0.15) is 28.7 Å². The van der Waals surface area contributed by atoms with E-state index in [0.717, 1.165) is 17.4 Å². The van der Waals surface area contributed by atoms with Crippen molar-refractivity contribution >= 4 is 27.5 Å². The van der Waals surface area contributed by atoms with E-state index in [1.807, 2.05) is 60.7 Å². The van der Waals surface area contributed by atoms with Crippen LogP contribution in [-0.4, -0.2) is 38.6 Å². The molecular weight excluding hydrogens is 442 g/mol. The van der Waals surface area contributed by atoms with Crippen LogP contribution in [-0.2, 0) is 10.0 Å². The standard InChI is InChI=1S/C24H23N3O5S/c1-32-19-14-17(13-18(23(19)28)27-33(2,30)31)22-20(15-9-5-3-6-10-15)21(25-24(29)26-22)16-11-7-4-8-12-16/h3-14,20,22,27-28H,1-2H3,(H,26,29). The number of methoxy groups -OCH3 is 1. The molecule has 1 aliphatic heterocycles. The highest BCUT2D eigenvalue weighted by molar-refractivity contribution is 7.92. The number of carbonyl (C=O) groups excluding carboxylic acids is 1. The third-order valence-electron chi connectivity index (χ3n) is 5.33. The van der Waals surface area contributed by atoms with E-state index in [0.29, 0.717) is 11.3 Å². The van der Waals surface area contributed by atoms with Gasteiger partial charge >= 0.3 is 6.03 Å². The topological polar surface area (TPSA) is 117 Å². The number of ether oxygens (including phenoxy) is 1. The minimum atomic E-state index is -3.68. The van der Waals surface area contributed by atoms with Crippen LogP contribution in [0.2, 0.25) is 0 Å². The summed E-state index contributed by atoms with van der Waals surface area (Å²) in [5.74, 6) is -0.655. The number of phenolic OH excluding ortho intramolecular Hbond substituents is 1. The van der Waals surface area contributed by atoms with Crippen LogP contribution < -0.4 is 14.8 Å². The number of nitrogens with one attached hydrogen (secondary N) is 2. The monoisotopic (exact) mass is 465 g/mol. The molecule has 2 amide bonds. The van der Waals surface area contributed by atoms with E-state index in [2.05, 4.69) is 15.0 Å². The molecule has 0 fully saturated rings. The van der Waals surface area contributed by atoms with E-state index in [1.165, 1.54) is 13.2 Å². The number of benzene rings is 3. The minimum absolute atomic E-state index is 0.0447. The molecule has 8 nitrogen and oxygen atoms in total. The number of urea groups is 1. The Morgan fingerprint density at radius 2 is 1.64 bits per heavy atom. The fourth-order valence-electron chi connectivity index (χ4n) is 3.97. The largest absolute Gasteiger partial charge is 0.503 e. The predicted octanol–water partition coefficient (Wildman–Crippen LogP) is 3.81. The molecule has 0 aromatic heterocycles. The Labute approximate surface area is 192 Å². The van der Waals surface area contributed by atoms with Crippen LogP contribution in [0.4, 0.5) is 10.5 Å². The lowest BCUT2D eigenvalue weighted by molar-refractivity contribution is 0.243. The zero-order valence-electron chi connectivity index (χ0n) is 18.0. The maximum Gasteiger partial charge on any atom is 0.341 e. The first-order chi connectivity index (χ1) is 15.8. The van der Waals surface area contributed by atoms with Gasteiger partial charge in [0, 0.05) is 0 Å². The van der Waals surface area contributed by atoms with E-state index in [9.17, 15) is 18.3 Å². The zero-order chi connectivity index (χ0) is 23.6. The molecule has 2 atom stereocenters. The van der Waals surface area contributed by atoms with E-state index in [4.69, 9.17) is 4.74 Å². The number of amides is 2. The summed E-state index contributed by atoms with van der Waals surface area (Å²) in [7, 11) is -2.31. The van der Waals surface area contributed by atoms with Gasteiger partial charge in [-0.05, 0) is 28.8 Å². The Bertz CT molecular complexity index is 1310. The number of nitrogens with zero attached hydrogens (tertiary/aromatic N) is 1. The number of aromatic hydroxyl groups is 1. The molecule has 4 rings (SSSR count). The van der Waals surface area contributed by atoms with Crippen LogP contribution in [0.5, 0.6) is 11.5 Å². The molecule has 1 heterocycles. The van der Waals surface area contributed by atoms with Crippen LogP contribution >= 0.6 is 0 Å². The average molecular weight is 466 g/mol. The molecule has 0 saturated carbocycles. The first kappa shape index (κ1) is 22.3. The highest BCUT2D eigenvalue weighted by Crippen LogP contribution is 2.43. The molecule has 9 heteroatoms. The third-order valence-corrected chi connectivity index (χ3v) is 5.92. The Morgan fingerprint density at radius 3 is 2.24 bits per heavy atom. The van der Waals surface area contributed by atoms with E-state index in [-0.39, 0.29) is 23.1 Å². The molecule has 0 spiro atoms. The van der Waals surface area contributed by atoms with Gasteiger partial charge in [0.25, 0.3) is 0 Å². The van der Waals surface area contributed by atoms with Crippen LogP contribution in [0, 0.1) is 0 Å². The number of phenols is 1. The number of sulfonamides is 1. The van der Waals surface area contributed by atoms with E-state index < -0.39 is 22.1 Å². The molecule has 0 bridgehead atoms. The lowest BCUT2D eigenvalue weighted by Gasteiger charge is -2.33. The lowest BCUT2D eigenvalue weighted by atomic mass is 9.80. The van der Waals surface area contributed by atoms with Gasteiger partial charge in [-0.3, -0.25) is 4.72 Å². The van der Waals surface area contributed by atoms with Crippen LogP contribution in [0.25, 0.3) is 0 Å².